The molecule has 0 radical (unpaired) electrons. The highest BCUT2D eigenvalue weighted by atomic mass is 127. The first-order valence-corrected chi connectivity index (χ1v) is 8.04. The highest BCUT2D eigenvalue weighted by Crippen LogP contribution is 2.28. The Morgan fingerprint density at radius 1 is 1.30 bits per heavy atom. The van der Waals surface area contributed by atoms with Gasteiger partial charge in [0.2, 0.25) is 0 Å². The Bertz CT molecular complexity index is 679. The lowest BCUT2D eigenvalue weighted by Gasteiger charge is -2.13. The third-order valence-corrected chi connectivity index (χ3v) is 4.86. The summed E-state index contributed by atoms with van der Waals surface area (Å²) in [4.78, 5) is 16.6. The van der Waals surface area contributed by atoms with Gasteiger partial charge in [0.15, 0.2) is 0 Å². The summed E-state index contributed by atoms with van der Waals surface area (Å²) in [5, 5.41) is 4.76. The predicted molar refractivity (Wildman–Crippen MR) is 85.6 cm³/mol. The molecule has 4 nitrogen and oxygen atoms in total. The minimum absolute atomic E-state index is 0.109. The normalized spacial score (nSPS) is 14.2. The van der Waals surface area contributed by atoms with Gasteiger partial charge in [-0.1, -0.05) is 23.2 Å². The molecule has 0 aliphatic heterocycles. The summed E-state index contributed by atoms with van der Waals surface area (Å²) in [5.74, 6) is -0.311. The molecular formula is C13H10Cl2IN3O. The van der Waals surface area contributed by atoms with Crippen LogP contribution in [0.2, 0.25) is 10.2 Å². The number of fused-ring (bicyclic) bond motifs is 1. The van der Waals surface area contributed by atoms with Crippen molar-refractivity contribution < 1.29 is 4.79 Å². The fourth-order valence-corrected chi connectivity index (χ4v) is 3.74. The van der Waals surface area contributed by atoms with Crippen molar-refractivity contribution in [2.24, 2.45) is 0 Å². The smallest absolute Gasteiger partial charge is 0.267 e. The summed E-state index contributed by atoms with van der Waals surface area (Å²) in [6, 6.07) is 1.56. The number of carbonyl (C=O) groups excluding carboxylic acids is 1. The SMILES string of the molecule is O=C(c1c(Cl)ccnc1Cl)n1nc(I)c2c1CCCC2. The van der Waals surface area contributed by atoms with Crippen molar-refractivity contribution >= 4 is 51.7 Å². The zero-order chi connectivity index (χ0) is 14.3. The Morgan fingerprint density at radius 2 is 2.05 bits per heavy atom. The van der Waals surface area contributed by atoms with Gasteiger partial charge >= 0.3 is 0 Å². The van der Waals surface area contributed by atoms with Gasteiger partial charge in [0, 0.05) is 11.8 Å². The molecule has 0 unspecified atom stereocenters. The van der Waals surface area contributed by atoms with Crippen LogP contribution in [0.5, 0.6) is 0 Å². The molecule has 0 saturated carbocycles. The molecule has 0 spiro atoms. The summed E-state index contributed by atoms with van der Waals surface area (Å²) < 4.78 is 2.31. The second kappa shape index (κ2) is 5.61. The molecule has 0 atom stereocenters. The van der Waals surface area contributed by atoms with Crippen LogP contribution < -0.4 is 0 Å². The summed E-state index contributed by atoms with van der Waals surface area (Å²) in [5.41, 5.74) is 2.35. The number of aromatic nitrogens is 3. The molecule has 0 N–H and O–H groups in total. The molecule has 0 saturated heterocycles. The van der Waals surface area contributed by atoms with Crippen molar-refractivity contribution in [2.75, 3.05) is 0 Å². The lowest BCUT2D eigenvalue weighted by atomic mass is 9.98. The Hall–Kier alpha value is -0.660. The van der Waals surface area contributed by atoms with Crippen LogP contribution in [0.1, 0.15) is 34.5 Å². The standard InChI is InChI=1S/C13H10Cl2IN3O/c14-8-5-6-17-11(15)10(8)13(20)19-9-4-2-1-3-7(9)12(16)18-19/h5-6H,1-4H2. The highest BCUT2D eigenvalue weighted by Gasteiger charge is 2.26. The monoisotopic (exact) mass is 421 g/mol. The number of hydrogen-bond acceptors (Lipinski definition) is 3. The molecule has 104 valence electrons. The molecule has 0 aromatic carbocycles. The van der Waals surface area contributed by atoms with E-state index < -0.39 is 0 Å². The highest BCUT2D eigenvalue weighted by molar-refractivity contribution is 14.1. The Kier molecular flexibility index (Phi) is 4.01. The lowest BCUT2D eigenvalue weighted by Crippen LogP contribution is -2.19. The maximum absolute atomic E-state index is 12.7. The molecular weight excluding hydrogens is 412 g/mol. The van der Waals surface area contributed by atoms with Gasteiger partial charge in [-0.2, -0.15) is 9.78 Å². The Morgan fingerprint density at radius 3 is 2.80 bits per heavy atom. The van der Waals surface area contributed by atoms with Crippen LogP contribution >= 0.6 is 45.8 Å². The quantitative estimate of drug-likeness (QED) is 0.520. The van der Waals surface area contributed by atoms with Crippen LogP contribution in [-0.4, -0.2) is 20.7 Å². The minimum atomic E-state index is -0.311. The van der Waals surface area contributed by atoms with E-state index in [1.165, 1.54) is 16.4 Å². The van der Waals surface area contributed by atoms with E-state index >= 15 is 0 Å². The number of hydrogen-bond donors (Lipinski definition) is 0. The number of nitrogens with zero attached hydrogens (tertiary/aromatic N) is 3. The predicted octanol–water partition coefficient (Wildman–Crippen LogP) is 3.76. The number of halogens is 3. The van der Waals surface area contributed by atoms with Crippen LogP contribution in [0.3, 0.4) is 0 Å². The molecule has 0 bridgehead atoms. The second-order valence-electron chi connectivity index (χ2n) is 4.60. The molecule has 7 heteroatoms. The lowest BCUT2D eigenvalue weighted by molar-refractivity contribution is 0.0940. The molecule has 2 heterocycles. The van der Waals surface area contributed by atoms with Crippen molar-refractivity contribution in [3.05, 3.63) is 43.0 Å². The first-order valence-electron chi connectivity index (χ1n) is 6.20. The van der Waals surface area contributed by atoms with Gasteiger partial charge in [0.05, 0.1) is 16.3 Å². The van der Waals surface area contributed by atoms with E-state index in [1.807, 2.05) is 0 Å². The van der Waals surface area contributed by atoms with E-state index in [2.05, 4.69) is 32.7 Å². The third kappa shape index (κ3) is 2.35. The third-order valence-electron chi connectivity index (χ3n) is 3.39. The molecule has 2 aromatic heterocycles. The molecule has 2 aromatic rings. The van der Waals surface area contributed by atoms with Gasteiger partial charge in [-0.15, -0.1) is 0 Å². The van der Waals surface area contributed by atoms with Crippen molar-refractivity contribution in [1.29, 1.82) is 0 Å². The van der Waals surface area contributed by atoms with E-state index in [-0.39, 0.29) is 16.6 Å². The molecule has 3 rings (SSSR count). The number of rotatable bonds is 1. The molecule has 0 amide bonds. The fourth-order valence-electron chi connectivity index (χ4n) is 2.43. The molecule has 1 aliphatic carbocycles. The van der Waals surface area contributed by atoms with E-state index in [0.717, 1.165) is 35.1 Å². The first kappa shape index (κ1) is 14.3. The zero-order valence-electron chi connectivity index (χ0n) is 10.4. The van der Waals surface area contributed by atoms with E-state index in [9.17, 15) is 4.79 Å². The topological polar surface area (TPSA) is 47.8 Å². The van der Waals surface area contributed by atoms with Crippen LogP contribution in [0, 0.1) is 3.70 Å². The molecule has 0 fully saturated rings. The van der Waals surface area contributed by atoms with Gasteiger partial charge < -0.3 is 0 Å². The molecule has 1 aliphatic rings. The average Bonchev–Trinajstić information content (AvgIpc) is 2.76. The Balaban J connectivity index is 2.12. The van der Waals surface area contributed by atoms with Crippen LogP contribution in [0.15, 0.2) is 12.3 Å². The van der Waals surface area contributed by atoms with E-state index in [0.29, 0.717) is 5.02 Å². The summed E-state index contributed by atoms with van der Waals surface area (Å²) >= 11 is 14.2. The number of pyridine rings is 1. The number of carbonyl (C=O) groups is 1. The van der Waals surface area contributed by atoms with Gasteiger partial charge in [0.25, 0.3) is 5.91 Å². The van der Waals surface area contributed by atoms with Crippen molar-refractivity contribution in [3.63, 3.8) is 0 Å². The molecule has 20 heavy (non-hydrogen) atoms. The van der Waals surface area contributed by atoms with Crippen molar-refractivity contribution in [2.45, 2.75) is 25.7 Å². The zero-order valence-corrected chi connectivity index (χ0v) is 14.0. The maximum atomic E-state index is 12.7. The average molecular weight is 422 g/mol. The van der Waals surface area contributed by atoms with Crippen LogP contribution in [-0.2, 0) is 12.8 Å². The maximum Gasteiger partial charge on any atom is 0.283 e. The summed E-state index contributed by atoms with van der Waals surface area (Å²) in [7, 11) is 0. The van der Waals surface area contributed by atoms with Crippen LogP contribution in [0.25, 0.3) is 0 Å². The fraction of sp³-hybridized carbons (Fsp3) is 0.308. The largest absolute Gasteiger partial charge is 0.283 e. The van der Waals surface area contributed by atoms with E-state index in [1.54, 1.807) is 6.07 Å². The van der Waals surface area contributed by atoms with Gasteiger partial charge in [-0.3, -0.25) is 4.79 Å². The summed E-state index contributed by atoms with van der Waals surface area (Å²) in [6.45, 7) is 0. The first-order chi connectivity index (χ1) is 9.59. The van der Waals surface area contributed by atoms with E-state index in [4.69, 9.17) is 23.2 Å². The second-order valence-corrected chi connectivity index (χ2v) is 6.39. The van der Waals surface area contributed by atoms with Gasteiger partial charge in [0.1, 0.15) is 8.85 Å². The van der Waals surface area contributed by atoms with Crippen molar-refractivity contribution in [3.8, 4) is 0 Å². The van der Waals surface area contributed by atoms with Crippen molar-refractivity contribution in [1.82, 2.24) is 14.8 Å². The Labute approximate surface area is 139 Å². The minimum Gasteiger partial charge on any atom is -0.267 e. The van der Waals surface area contributed by atoms with Gasteiger partial charge in [-0.25, -0.2) is 4.98 Å². The van der Waals surface area contributed by atoms with Crippen LogP contribution in [0.4, 0.5) is 0 Å². The van der Waals surface area contributed by atoms with Gasteiger partial charge in [-0.05, 0) is 54.3 Å². The summed E-state index contributed by atoms with van der Waals surface area (Å²) in [6.07, 6.45) is 5.50.